The van der Waals surface area contributed by atoms with Gasteiger partial charge in [0.2, 0.25) is 11.9 Å². The lowest BCUT2D eigenvalue weighted by Crippen LogP contribution is -2.45. The number of ether oxygens (including phenoxy) is 1. The zero-order valence-corrected chi connectivity index (χ0v) is 20.2. The maximum Gasteiger partial charge on any atom is 0.298 e. The Balaban J connectivity index is 1.13. The number of hydrogen-bond acceptors (Lipinski definition) is 7. The van der Waals surface area contributed by atoms with Crippen molar-refractivity contribution in [3.05, 3.63) is 66.1 Å². The third kappa shape index (κ3) is 4.54. The van der Waals surface area contributed by atoms with Crippen LogP contribution in [0.25, 0.3) is 0 Å². The predicted molar refractivity (Wildman–Crippen MR) is 133 cm³/mol. The second-order valence-corrected chi connectivity index (χ2v) is 10.0. The van der Waals surface area contributed by atoms with Gasteiger partial charge in [-0.15, -0.1) is 0 Å². The Morgan fingerprint density at radius 2 is 1.81 bits per heavy atom. The Morgan fingerprint density at radius 3 is 2.58 bits per heavy atom. The van der Waals surface area contributed by atoms with E-state index in [4.69, 9.17) is 14.7 Å². The molecule has 4 heterocycles. The van der Waals surface area contributed by atoms with E-state index in [1.807, 2.05) is 17.2 Å². The number of anilines is 1. The van der Waals surface area contributed by atoms with Crippen LogP contribution in [-0.2, 0) is 9.53 Å². The van der Waals surface area contributed by atoms with Gasteiger partial charge in [-0.05, 0) is 49.4 Å². The molecule has 2 fully saturated rings. The lowest BCUT2D eigenvalue weighted by Gasteiger charge is -2.35. The zero-order chi connectivity index (χ0) is 24.5. The van der Waals surface area contributed by atoms with Crippen LogP contribution in [0.1, 0.15) is 68.3 Å². The Morgan fingerprint density at radius 1 is 1.03 bits per heavy atom. The van der Waals surface area contributed by atoms with E-state index in [1.165, 1.54) is 31.4 Å². The van der Waals surface area contributed by atoms with E-state index in [9.17, 15) is 9.18 Å². The maximum atomic E-state index is 13.5. The summed E-state index contributed by atoms with van der Waals surface area (Å²) in [5.41, 5.74) is 1.70. The highest BCUT2D eigenvalue weighted by Crippen LogP contribution is 2.43. The van der Waals surface area contributed by atoms with Gasteiger partial charge in [0.25, 0.3) is 6.02 Å². The van der Waals surface area contributed by atoms with Gasteiger partial charge in [0.15, 0.2) is 0 Å². The van der Waals surface area contributed by atoms with E-state index < -0.39 is 0 Å². The molecule has 1 aliphatic carbocycles. The van der Waals surface area contributed by atoms with Crippen molar-refractivity contribution < 1.29 is 13.9 Å². The summed E-state index contributed by atoms with van der Waals surface area (Å²) in [6, 6.07) is 8.53. The van der Waals surface area contributed by atoms with Crippen LogP contribution in [-0.4, -0.2) is 50.8 Å². The summed E-state index contributed by atoms with van der Waals surface area (Å²) in [6.45, 7) is 1.55. The molecule has 0 spiro atoms. The fourth-order valence-electron chi connectivity index (χ4n) is 5.79. The molecule has 0 bridgehead atoms. The van der Waals surface area contributed by atoms with Crippen LogP contribution < -0.4 is 5.32 Å². The number of carbonyl (C=O) groups excluding carboxylic acids is 1. The molecule has 1 saturated carbocycles. The lowest BCUT2D eigenvalue weighted by atomic mass is 9.87. The van der Waals surface area contributed by atoms with Gasteiger partial charge < -0.3 is 15.0 Å². The molecule has 1 amide bonds. The van der Waals surface area contributed by atoms with E-state index in [-0.39, 0.29) is 29.9 Å². The third-order valence-corrected chi connectivity index (χ3v) is 7.75. The molecule has 0 radical (unpaired) electrons. The number of halogens is 1. The molecular weight excluding hydrogens is 459 g/mol. The van der Waals surface area contributed by atoms with Crippen LogP contribution >= 0.6 is 0 Å². The van der Waals surface area contributed by atoms with E-state index in [0.717, 1.165) is 50.0 Å². The fraction of sp³-hybridized carbons (Fsp3) is 0.481. The van der Waals surface area contributed by atoms with Gasteiger partial charge in [-0.3, -0.25) is 9.69 Å². The van der Waals surface area contributed by atoms with Gasteiger partial charge in [-0.1, -0.05) is 31.4 Å². The second kappa shape index (κ2) is 9.87. The predicted octanol–water partition coefficient (Wildman–Crippen LogP) is 4.55. The van der Waals surface area contributed by atoms with Crippen molar-refractivity contribution in [2.75, 3.05) is 18.4 Å². The van der Waals surface area contributed by atoms with E-state index in [1.54, 1.807) is 24.6 Å². The average Bonchev–Trinajstić information content (AvgIpc) is 3.52. The number of likely N-dealkylation sites (tertiary alicyclic amines) is 1. The molecule has 188 valence electrons. The van der Waals surface area contributed by atoms with Crippen LogP contribution in [0.15, 0.2) is 54.0 Å². The Labute approximate surface area is 210 Å². The smallest absolute Gasteiger partial charge is 0.298 e. The van der Waals surface area contributed by atoms with Crippen LogP contribution in [0.5, 0.6) is 0 Å². The van der Waals surface area contributed by atoms with Crippen LogP contribution in [0.3, 0.4) is 0 Å². The number of aliphatic imine (C=N–C) groups is 1. The zero-order valence-electron chi connectivity index (χ0n) is 20.2. The highest BCUT2D eigenvalue weighted by Gasteiger charge is 2.41. The molecular formula is C27H31FN6O2. The monoisotopic (exact) mass is 490 g/mol. The number of aromatic nitrogens is 2. The number of fused-ring (bicyclic) bond motifs is 1. The molecule has 1 aromatic heterocycles. The molecule has 3 aliphatic heterocycles. The molecule has 4 aliphatic rings. The number of piperidine rings is 1. The molecule has 2 unspecified atom stereocenters. The van der Waals surface area contributed by atoms with E-state index in [2.05, 4.69) is 15.2 Å². The molecule has 6 rings (SSSR count). The van der Waals surface area contributed by atoms with Crippen molar-refractivity contribution in [1.82, 2.24) is 19.8 Å². The first-order valence-corrected chi connectivity index (χ1v) is 13.0. The number of carbonyl (C=O) groups is 1. The summed E-state index contributed by atoms with van der Waals surface area (Å²) in [5, 5.41) is 3.49. The number of amidine groups is 1. The minimum Gasteiger partial charge on any atom is -0.432 e. The van der Waals surface area contributed by atoms with Gasteiger partial charge >= 0.3 is 0 Å². The van der Waals surface area contributed by atoms with Crippen molar-refractivity contribution in [3.8, 4) is 0 Å². The summed E-state index contributed by atoms with van der Waals surface area (Å²) in [6.07, 6.45) is 12.7. The molecule has 36 heavy (non-hydrogen) atoms. The average molecular weight is 491 g/mol. The number of nitrogens with zero attached hydrogens (tertiary/aromatic N) is 5. The Kier molecular flexibility index (Phi) is 6.29. The summed E-state index contributed by atoms with van der Waals surface area (Å²) < 4.78 is 19.1. The van der Waals surface area contributed by atoms with Crippen LogP contribution in [0, 0.1) is 11.7 Å². The van der Waals surface area contributed by atoms with E-state index in [0.29, 0.717) is 17.9 Å². The molecule has 1 N–H and O–H groups in total. The first kappa shape index (κ1) is 22.9. The normalized spacial score (nSPS) is 24.4. The Hall–Kier alpha value is -3.49. The molecule has 1 aromatic carbocycles. The van der Waals surface area contributed by atoms with Gasteiger partial charge in [-0.2, -0.15) is 0 Å². The number of amides is 1. The van der Waals surface area contributed by atoms with Gasteiger partial charge in [0.05, 0.1) is 5.69 Å². The fourth-order valence-corrected chi connectivity index (χ4v) is 5.79. The van der Waals surface area contributed by atoms with Crippen molar-refractivity contribution in [2.24, 2.45) is 10.9 Å². The molecule has 2 atom stereocenters. The molecule has 9 heteroatoms. The van der Waals surface area contributed by atoms with Crippen molar-refractivity contribution in [2.45, 2.75) is 63.1 Å². The minimum atomic E-state index is -0.280. The largest absolute Gasteiger partial charge is 0.432 e. The summed E-state index contributed by atoms with van der Waals surface area (Å²) >= 11 is 0. The van der Waals surface area contributed by atoms with Crippen molar-refractivity contribution >= 4 is 17.9 Å². The van der Waals surface area contributed by atoms with Gasteiger partial charge in [0.1, 0.15) is 24.2 Å². The number of benzene rings is 1. The second-order valence-electron chi connectivity index (χ2n) is 10.0. The van der Waals surface area contributed by atoms with Crippen molar-refractivity contribution in [1.29, 1.82) is 0 Å². The number of nitrogens with one attached hydrogen (secondary N) is 1. The summed E-state index contributed by atoms with van der Waals surface area (Å²) in [4.78, 5) is 31.0. The van der Waals surface area contributed by atoms with Gasteiger partial charge in [-0.25, -0.2) is 19.4 Å². The SMILES string of the molecule is O=C(C1CCCCC1)N1CCC(Nc2nccc(C3C(c4ccc(F)cc4)N=C4OC=CN43)n2)CC1. The molecule has 1 saturated heterocycles. The first-order valence-electron chi connectivity index (χ1n) is 13.0. The van der Waals surface area contributed by atoms with Crippen molar-refractivity contribution in [3.63, 3.8) is 0 Å². The molecule has 2 aromatic rings. The number of hydrogen-bond donors (Lipinski definition) is 1. The maximum absolute atomic E-state index is 13.5. The third-order valence-electron chi connectivity index (χ3n) is 7.75. The highest BCUT2D eigenvalue weighted by molar-refractivity contribution is 5.80. The minimum absolute atomic E-state index is 0.217. The quantitative estimate of drug-likeness (QED) is 0.662. The van der Waals surface area contributed by atoms with Gasteiger partial charge in [0, 0.05) is 37.4 Å². The first-order chi connectivity index (χ1) is 17.7. The summed E-state index contributed by atoms with van der Waals surface area (Å²) in [7, 11) is 0. The topological polar surface area (TPSA) is 83.0 Å². The summed E-state index contributed by atoms with van der Waals surface area (Å²) in [5.74, 6) is 0.855. The number of rotatable bonds is 5. The van der Waals surface area contributed by atoms with Crippen LogP contribution in [0.2, 0.25) is 0 Å². The molecule has 8 nitrogen and oxygen atoms in total. The Bertz CT molecular complexity index is 1160. The van der Waals surface area contributed by atoms with E-state index >= 15 is 0 Å². The lowest BCUT2D eigenvalue weighted by molar-refractivity contribution is -0.137. The van der Waals surface area contributed by atoms with Crippen LogP contribution in [0.4, 0.5) is 10.3 Å². The standard InChI is InChI=1S/C27H31FN6O2/c28-20-8-6-18(7-9-20)23-24(34-16-17-36-27(34)32-23)22-10-13-29-26(31-22)30-21-11-14-33(15-12-21)25(35)19-4-2-1-3-5-19/h6-10,13,16-17,19,21,23-24H,1-5,11-12,14-15H2,(H,29,30,31). The highest BCUT2D eigenvalue weighted by atomic mass is 19.1.